The van der Waals surface area contributed by atoms with E-state index in [1.807, 2.05) is 15.6 Å². The first-order valence-corrected chi connectivity index (χ1v) is 14.1. The van der Waals surface area contributed by atoms with Crippen molar-refractivity contribution in [1.82, 2.24) is 30.3 Å². The molecule has 0 bridgehead atoms. The third-order valence-electron chi connectivity index (χ3n) is 7.62. The first kappa shape index (κ1) is 26.8. The summed E-state index contributed by atoms with van der Waals surface area (Å²) in [7, 11) is 0. The van der Waals surface area contributed by atoms with Crippen LogP contribution in [-0.2, 0) is 4.79 Å². The molecule has 5 heterocycles. The number of carbonyl (C=O) groups is 1. The number of anilines is 1. The molecule has 3 saturated heterocycles. The number of unbranched alkanes of at least 4 members (excludes halogenated alkanes) is 3. The van der Waals surface area contributed by atoms with Gasteiger partial charge in [-0.05, 0) is 46.0 Å². The molecule has 3 fully saturated rings. The highest BCUT2D eigenvalue weighted by Gasteiger charge is 2.36. The number of rotatable bonds is 6. The number of hydrazine groups is 1. The molecule has 0 saturated carbocycles. The average molecular weight is 499 g/mol. The minimum Gasteiger partial charge on any atom is -0.355 e. The standard InChI is InChI=1S/C21H32N8O.C6H14/c1-13-11-29-19(23-20(13)27-8-6-15(22)12-27)10-16(26-29)18-5-3-4-7-28(18)21(30)17-9-14(2)24-25-17;1-3-5-6-4-2/h10-11,14-15,17-18,24-25H,3-9,12,22H2,1-2H3;3-6H2,1-2H3. The van der Waals surface area contributed by atoms with Crippen LogP contribution >= 0.6 is 0 Å². The molecule has 4 N–H and O–H groups in total. The van der Waals surface area contributed by atoms with Crippen LogP contribution in [0.25, 0.3) is 5.65 Å². The lowest BCUT2D eigenvalue weighted by Gasteiger charge is -2.36. The van der Waals surface area contributed by atoms with Crippen molar-refractivity contribution in [3.05, 3.63) is 23.5 Å². The van der Waals surface area contributed by atoms with E-state index in [1.54, 1.807) is 0 Å². The number of amides is 1. The minimum atomic E-state index is -0.163. The molecule has 36 heavy (non-hydrogen) atoms. The fraction of sp³-hybridized carbons (Fsp3) is 0.741. The maximum absolute atomic E-state index is 13.2. The van der Waals surface area contributed by atoms with E-state index in [-0.39, 0.29) is 24.0 Å². The molecule has 3 aliphatic heterocycles. The van der Waals surface area contributed by atoms with Gasteiger partial charge in [-0.1, -0.05) is 39.5 Å². The van der Waals surface area contributed by atoms with Gasteiger partial charge in [0.05, 0.1) is 11.7 Å². The van der Waals surface area contributed by atoms with Crippen molar-refractivity contribution in [1.29, 1.82) is 0 Å². The highest BCUT2D eigenvalue weighted by molar-refractivity contribution is 5.82. The van der Waals surface area contributed by atoms with Gasteiger partial charge in [0.1, 0.15) is 11.9 Å². The molecule has 9 heteroatoms. The molecule has 4 unspecified atom stereocenters. The van der Waals surface area contributed by atoms with Gasteiger partial charge in [0, 0.05) is 49.5 Å². The lowest BCUT2D eigenvalue weighted by atomic mass is 9.97. The van der Waals surface area contributed by atoms with Crippen molar-refractivity contribution in [3.8, 4) is 0 Å². The number of carbonyl (C=O) groups excluding carboxylic acids is 1. The van der Waals surface area contributed by atoms with Gasteiger partial charge in [0.2, 0.25) is 5.91 Å². The Kier molecular flexibility index (Phi) is 9.19. The molecule has 3 aliphatic rings. The molecule has 2 aromatic heterocycles. The largest absolute Gasteiger partial charge is 0.355 e. The zero-order chi connectivity index (χ0) is 25.7. The van der Waals surface area contributed by atoms with E-state index in [2.05, 4.69) is 49.5 Å². The van der Waals surface area contributed by atoms with E-state index in [9.17, 15) is 4.79 Å². The predicted octanol–water partition coefficient (Wildman–Crippen LogP) is 3.47. The number of nitrogens with one attached hydrogen (secondary N) is 2. The van der Waals surface area contributed by atoms with Crippen LogP contribution in [0.4, 0.5) is 5.82 Å². The van der Waals surface area contributed by atoms with E-state index in [4.69, 9.17) is 15.8 Å². The number of likely N-dealkylation sites (tertiary alicyclic amines) is 1. The normalized spacial score (nSPS) is 26.4. The summed E-state index contributed by atoms with van der Waals surface area (Å²) in [6.45, 7) is 11.2. The van der Waals surface area contributed by atoms with Crippen molar-refractivity contribution in [2.45, 2.75) is 110 Å². The maximum Gasteiger partial charge on any atom is 0.241 e. The smallest absolute Gasteiger partial charge is 0.241 e. The first-order chi connectivity index (χ1) is 17.4. The fourth-order valence-corrected chi connectivity index (χ4v) is 5.56. The summed E-state index contributed by atoms with van der Waals surface area (Å²) in [6, 6.07) is 2.42. The molecule has 5 rings (SSSR count). The van der Waals surface area contributed by atoms with Crippen LogP contribution in [-0.4, -0.2) is 63.2 Å². The van der Waals surface area contributed by atoms with Gasteiger partial charge >= 0.3 is 0 Å². The summed E-state index contributed by atoms with van der Waals surface area (Å²) in [5.41, 5.74) is 15.3. The third-order valence-corrected chi connectivity index (χ3v) is 7.62. The number of aromatic nitrogens is 3. The molecule has 9 nitrogen and oxygen atoms in total. The maximum atomic E-state index is 13.2. The second kappa shape index (κ2) is 12.3. The van der Waals surface area contributed by atoms with Crippen LogP contribution in [0, 0.1) is 6.92 Å². The van der Waals surface area contributed by atoms with E-state index in [1.165, 1.54) is 25.7 Å². The van der Waals surface area contributed by atoms with Crippen LogP contribution < -0.4 is 21.5 Å². The zero-order valence-corrected chi connectivity index (χ0v) is 22.7. The fourth-order valence-electron chi connectivity index (χ4n) is 5.56. The monoisotopic (exact) mass is 498 g/mol. The molecule has 2 aromatic rings. The van der Waals surface area contributed by atoms with Crippen molar-refractivity contribution < 1.29 is 4.79 Å². The van der Waals surface area contributed by atoms with Gasteiger partial charge in [0.25, 0.3) is 0 Å². The molecular formula is C27H46N8O. The number of hydrogen-bond donors (Lipinski definition) is 3. The second-order valence-electron chi connectivity index (χ2n) is 10.8. The van der Waals surface area contributed by atoms with Crippen molar-refractivity contribution >= 4 is 17.4 Å². The lowest BCUT2D eigenvalue weighted by Crippen LogP contribution is -2.48. The van der Waals surface area contributed by atoms with Gasteiger partial charge in [-0.2, -0.15) is 5.10 Å². The van der Waals surface area contributed by atoms with Gasteiger partial charge in [-0.15, -0.1) is 0 Å². The zero-order valence-electron chi connectivity index (χ0n) is 22.7. The van der Waals surface area contributed by atoms with Crippen LogP contribution in [0.15, 0.2) is 12.3 Å². The molecule has 4 atom stereocenters. The molecule has 1 amide bonds. The average Bonchev–Trinajstić information content (AvgIpc) is 3.61. The molecular weight excluding hydrogens is 452 g/mol. The van der Waals surface area contributed by atoms with E-state index < -0.39 is 0 Å². The van der Waals surface area contributed by atoms with Crippen molar-refractivity contribution in [2.75, 3.05) is 24.5 Å². The summed E-state index contributed by atoms with van der Waals surface area (Å²) in [4.78, 5) is 22.4. The number of hydrogen-bond acceptors (Lipinski definition) is 7. The number of piperidine rings is 1. The van der Waals surface area contributed by atoms with Gasteiger partial charge in [0.15, 0.2) is 5.65 Å². The van der Waals surface area contributed by atoms with Crippen LogP contribution in [0.1, 0.15) is 95.9 Å². The van der Waals surface area contributed by atoms with Gasteiger partial charge in [-0.3, -0.25) is 10.2 Å². The minimum absolute atomic E-state index is 0.00891. The number of nitrogens with zero attached hydrogens (tertiary/aromatic N) is 5. The van der Waals surface area contributed by atoms with Crippen molar-refractivity contribution in [3.63, 3.8) is 0 Å². The Morgan fingerprint density at radius 2 is 1.92 bits per heavy atom. The summed E-state index contributed by atoms with van der Waals surface area (Å²) < 4.78 is 1.86. The predicted molar refractivity (Wildman–Crippen MR) is 145 cm³/mol. The van der Waals surface area contributed by atoms with Gasteiger partial charge in [-0.25, -0.2) is 14.9 Å². The quantitative estimate of drug-likeness (QED) is 0.524. The summed E-state index contributed by atoms with van der Waals surface area (Å²) >= 11 is 0. The Hall–Kier alpha value is -2.23. The van der Waals surface area contributed by atoms with Crippen LogP contribution in [0.3, 0.4) is 0 Å². The summed E-state index contributed by atoms with van der Waals surface area (Å²) in [5, 5.41) is 4.84. The third kappa shape index (κ3) is 6.18. The molecule has 0 aromatic carbocycles. The SMILES string of the molecule is CCCCCC.Cc1cn2nc(C3CCCCN3C(=O)C3CC(C)NN3)cc2nc1N1CCC(N)C1. The van der Waals surface area contributed by atoms with E-state index in [0.717, 1.165) is 74.5 Å². The Labute approximate surface area is 216 Å². The molecule has 0 radical (unpaired) electrons. The Balaban J connectivity index is 0.000000455. The topological polar surface area (TPSA) is 104 Å². The van der Waals surface area contributed by atoms with E-state index in [0.29, 0.717) is 6.04 Å². The molecule has 0 aliphatic carbocycles. The van der Waals surface area contributed by atoms with Crippen LogP contribution in [0.2, 0.25) is 0 Å². The number of fused-ring (bicyclic) bond motifs is 1. The number of aryl methyl sites for hydroxylation is 1. The second-order valence-corrected chi connectivity index (χ2v) is 10.8. The molecule has 200 valence electrons. The first-order valence-electron chi connectivity index (χ1n) is 14.1. The lowest BCUT2D eigenvalue weighted by molar-refractivity contribution is -0.137. The Morgan fingerprint density at radius 1 is 1.14 bits per heavy atom. The highest BCUT2D eigenvalue weighted by atomic mass is 16.2. The van der Waals surface area contributed by atoms with Crippen molar-refractivity contribution in [2.24, 2.45) is 5.73 Å². The van der Waals surface area contributed by atoms with Crippen LogP contribution in [0.5, 0.6) is 0 Å². The number of nitrogens with two attached hydrogens (primary N) is 1. The summed E-state index contributed by atoms with van der Waals surface area (Å²) in [5.74, 6) is 1.16. The molecule has 0 spiro atoms. The summed E-state index contributed by atoms with van der Waals surface area (Å²) in [6.07, 6.45) is 12.5. The van der Waals surface area contributed by atoms with Gasteiger partial charge < -0.3 is 15.5 Å². The highest BCUT2D eigenvalue weighted by Crippen LogP contribution is 2.32. The van der Waals surface area contributed by atoms with E-state index >= 15 is 0 Å². The Morgan fingerprint density at radius 3 is 2.56 bits per heavy atom. The Bertz CT molecular complexity index is 1000.